The van der Waals surface area contributed by atoms with Gasteiger partial charge in [0.25, 0.3) is 0 Å². The summed E-state index contributed by atoms with van der Waals surface area (Å²) in [7, 11) is 0. The Morgan fingerprint density at radius 2 is 1.73 bits per heavy atom. The van der Waals surface area contributed by atoms with Crippen molar-refractivity contribution in [3.63, 3.8) is 0 Å². The summed E-state index contributed by atoms with van der Waals surface area (Å²) in [6.07, 6.45) is 3.22. The van der Waals surface area contributed by atoms with Crippen LogP contribution in [-0.2, 0) is 0 Å². The van der Waals surface area contributed by atoms with Crippen LogP contribution >= 0.6 is 0 Å². The third kappa shape index (κ3) is 1.11. The zero-order valence-corrected chi connectivity index (χ0v) is 7.68. The Morgan fingerprint density at radius 1 is 1.00 bits per heavy atom. The topological polar surface area (TPSA) is 56.0 Å². The highest BCUT2D eigenvalue weighted by atomic mass is 16.4. The molecule has 3 aromatic heterocycles. The van der Waals surface area contributed by atoms with Crippen molar-refractivity contribution in [2.75, 3.05) is 0 Å². The normalized spacial score (nSPS) is 10.9. The Labute approximate surface area is 84.2 Å². The van der Waals surface area contributed by atoms with Crippen LogP contribution in [-0.4, -0.2) is 9.97 Å². The van der Waals surface area contributed by atoms with Gasteiger partial charge in [0, 0.05) is 17.8 Å². The van der Waals surface area contributed by atoms with Gasteiger partial charge in [0.15, 0.2) is 11.1 Å². The molecule has 4 nitrogen and oxygen atoms in total. The van der Waals surface area contributed by atoms with Gasteiger partial charge in [-0.15, -0.1) is 0 Å². The van der Waals surface area contributed by atoms with E-state index >= 15 is 0 Å². The Hall–Kier alpha value is -2.23. The van der Waals surface area contributed by atoms with Crippen LogP contribution in [0.1, 0.15) is 0 Å². The monoisotopic (exact) mass is 198 g/mol. The molecule has 0 spiro atoms. The fourth-order valence-corrected chi connectivity index (χ4v) is 1.58. The van der Waals surface area contributed by atoms with Gasteiger partial charge in [-0.1, -0.05) is 0 Å². The molecule has 0 aliphatic heterocycles. The van der Waals surface area contributed by atoms with E-state index in [0.717, 1.165) is 5.39 Å². The zero-order valence-electron chi connectivity index (χ0n) is 7.68. The smallest absolute Gasteiger partial charge is 0.363 e. The van der Waals surface area contributed by atoms with Gasteiger partial charge in [-0.05, 0) is 24.3 Å². The van der Waals surface area contributed by atoms with Crippen molar-refractivity contribution in [3.05, 3.63) is 47.1 Å². The van der Waals surface area contributed by atoms with Gasteiger partial charge in [0.05, 0.1) is 0 Å². The second-order valence-electron chi connectivity index (χ2n) is 3.14. The summed E-state index contributed by atoms with van der Waals surface area (Å²) >= 11 is 0. The Bertz CT molecular complexity index is 703. The molecule has 3 rings (SSSR count). The summed E-state index contributed by atoms with van der Waals surface area (Å²) in [5.74, 6) is 0. The highest BCUT2D eigenvalue weighted by Crippen LogP contribution is 2.17. The van der Waals surface area contributed by atoms with Crippen molar-refractivity contribution < 1.29 is 4.42 Å². The highest BCUT2D eigenvalue weighted by Gasteiger charge is 2.07. The summed E-state index contributed by atoms with van der Waals surface area (Å²) in [4.78, 5) is 19.7. The SMILES string of the molecule is O=c1oc2cccnc2c2cccnc12. The molecular formula is C11H6N2O2. The molecule has 0 saturated heterocycles. The minimum atomic E-state index is -0.425. The molecular weight excluding hydrogens is 192 g/mol. The minimum Gasteiger partial charge on any atom is -0.419 e. The van der Waals surface area contributed by atoms with Crippen molar-refractivity contribution >= 4 is 22.0 Å². The summed E-state index contributed by atoms with van der Waals surface area (Å²) in [6, 6.07) is 7.04. The number of nitrogens with zero attached hydrogens (tertiary/aromatic N) is 2. The Kier molecular flexibility index (Phi) is 1.56. The van der Waals surface area contributed by atoms with Crippen molar-refractivity contribution in [1.29, 1.82) is 0 Å². The molecule has 0 radical (unpaired) electrons. The molecule has 72 valence electrons. The summed E-state index contributed by atoms with van der Waals surface area (Å²) < 4.78 is 5.09. The maximum absolute atomic E-state index is 11.5. The number of hydrogen-bond acceptors (Lipinski definition) is 4. The van der Waals surface area contributed by atoms with E-state index in [1.165, 1.54) is 0 Å². The Morgan fingerprint density at radius 3 is 2.60 bits per heavy atom. The molecule has 0 amide bonds. The van der Waals surface area contributed by atoms with E-state index < -0.39 is 5.63 Å². The van der Waals surface area contributed by atoms with Gasteiger partial charge < -0.3 is 4.42 Å². The third-order valence-corrected chi connectivity index (χ3v) is 2.23. The average Bonchev–Trinajstić information content (AvgIpc) is 2.30. The van der Waals surface area contributed by atoms with Gasteiger partial charge >= 0.3 is 5.63 Å². The first-order chi connectivity index (χ1) is 7.36. The van der Waals surface area contributed by atoms with Crippen LogP contribution in [0.5, 0.6) is 0 Å². The fourth-order valence-electron chi connectivity index (χ4n) is 1.58. The molecule has 0 aliphatic rings. The van der Waals surface area contributed by atoms with Gasteiger partial charge in [-0.25, -0.2) is 9.78 Å². The lowest BCUT2D eigenvalue weighted by molar-refractivity contribution is 0.567. The van der Waals surface area contributed by atoms with Crippen molar-refractivity contribution in [2.24, 2.45) is 0 Å². The number of hydrogen-bond donors (Lipinski definition) is 0. The van der Waals surface area contributed by atoms with E-state index in [-0.39, 0.29) is 0 Å². The maximum atomic E-state index is 11.5. The zero-order chi connectivity index (χ0) is 10.3. The van der Waals surface area contributed by atoms with Gasteiger partial charge in [0.1, 0.15) is 5.52 Å². The lowest BCUT2D eigenvalue weighted by atomic mass is 10.2. The minimum absolute atomic E-state index is 0.323. The Balaban J connectivity index is 2.70. The fraction of sp³-hybridized carbons (Fsp3) is 0. The quantitative estimate of drug-likeness (QED) is 0.516. The molecule has 0 aromatic carbocycles. The lowest BCUT2D eigenvalue weighted by Crippen LogP contribution is -2.02. The van der Waals surface area contributed by atoms with Crippen molar-refractivity contribution in [1.82, 2.24) is 9.97 Å². The van der Waals surface area contributed by atoms with Crippen LogP contribution in [0.4, 0.5) is 0 Å². The van der Waals surface area contributed by atoms with Crippen molar-refractivity contribution in [2.45, 2.75) is 0 Å². The van der Waals surface area contributed by atoms with Gasteiger partial charge in [-0.3, -0.25) is 4.98 Å². The summed E-state index contributed by atoms with van der Waals surface area (Å²) in [6.45, 7) is 0. The van der Waals surface area contributed by atoms with E-state index in [1.807, 2.05) is 6.07 Å². The van der Waals surface area contributed by atoms with Crippen LogP contribution in [0.25, 0.3) is 22.0 Å². The molecule has 0 fully saturated rings. The number of aromatic nitrogens is 2. The van der Waals surface area contributed by atoms with E-state index in [2.05, 4.69) is 9.97 Å². The van der Waals surface area contributed by atoms with Crippen LogP contribution in [0.3, 0.4) is 0 Å². The molecule has 4 heteroatoms. The number of pyridine rings is 2. The maximum Gasteiger partial charge on any atom is 0.363 e. The molecule has 0 unspecified atom stereocenters. The van der Waals surface area contributed by atoms with Crippen molar-refractivity contribution in [3.8, 4) is 0 Å². The van der Waals surface area contributed by atoms with Crippen LogP contribution < -0.4 is 5.63 Å². The molecule has 0 aliphatic carbocycles. The molecule has 3 aromatic rings. The number of rotatable bonds is 0. The molecule has 3 heterocycles. The van der Waals surface area contributed by atoms with E-state index in [4.69, 9.17) is 4.42 Å². The summed E-state index contributed by atoms with van der Waals surface area (Å²) in [5, 5.41) is 0.726. The predicted octanol–water partition coefficient (Wildman–Crippen LogP) is 1.74. The predicted molar refractivity (Wildman–Crippen MR) is 55.6 cm³/mol. The van der Waals surface area contributed by atoms with Crippen LogP contribution in [0.15, 0.2) is 45.9 Å². The van der Waals surface area contributed by atoms with E-state index in [0.29, 0.717) is 16.6 Å². The van der Waals surface area contributed by atoms with E-state index in [1.54, 1.807) is 30.6 Å². The standard InChI is InChI=1S/C11H6N2O2/c14-11-10-7(3-1-5-13-10)9-8(15-11)4-2-6-12-9/h1-6H. The number of fused-ring (bicyclic) bond motifs is 3. The van der Waals surface area contributed by atoms with Gasteiger partial charge in [0.2, 0.25) is 0 Å². The molecule has 0 saturated carbocycles. The first kappa shape index (κ1) is 8.11. The summed E-state index contributed by atoms with van der Waals surface area (Å²) in [5.41, 5.74) is 1.05. The lowest BCUT2D eigenvalue weighted by Gasteiger charge is -1.98. The molecule has 0 bridgehead atoms. The largest absolute Gasteiger partial charge is 0.419 e. The average molecular weight is 198 g/mol. The molecule has 0 N–H and O–H groups in total. The first-order valence-electron chi connectivity index (χ1n) is 4.49. The second-order valence-corrected chi connectivity index (χ2v) is 3.14. The van der Waals surface area contributed by atoms with E-state index in [9.17, 15) is 4.79 Å². The first-order valence-corrected chi connectivity index (χ1v) is 4.49. The van der Waals surface area contributed by atoms with Gasteiger partial charge in [-0.2, -0.15) is 0 Å². The van der Waals surface area contributed by atoms with Crippen LogP contribution in [0, 0.1) is 0 Å². The molecule has 15 heavy (non-hydrogen) atoms. The molecule has 0 atom stereocenters. The third-order valence-electron chi connectivity index (χ3n) is 2.23. The second kappa shape index (κ2) is 2.88. The highest BCUT2D eigenvalue weighted by molar-refractivity contribution is 5.99. The van der Waals surface area contributed by atoms with Crippen LogP contribution in [0.2, 0.25) is 0 Å².